The van der Waals surface area contributed by atoms with Gasteiger partial charge in [0.2, 0.25) is 5.91 Å². The molecule has 1 aliphatic heterocycles. The number of thioether (sulfide) groups is 1. The summed E-state index contributed by atoms with van der Waals surface area (Å²) in [5, 5.41) is 5.09. The minimum Gasteiger partial charge on any atom is -0.348 e. The van der Waals surface area contributed by atoms with Gasteiger partial charge in [0.25, 0.3) is 0 Å². The van der Waals surface area contributed by atoms with Gasteiger partial charge in [0.15, 0.2) is 9.84 Å². The summed E-state index contributed by atoms with van der Waals surface area (Å²) >= 11 is 3.10. The number of thiophene rings is 1. The van der Waals surface area contributed by atoms with Crippen LogP contribution in [0.4, 0.5) is 0 Å². The molecule has 1 fully saturated rings. The van der Waals surface area contributed by atoms with Crippen molar-refractivity contribution in [2.45, 2.75) is 31.1 Å². The SMILES string of the molecule is CC[C@H](NC(=O)CS[C@H]1CCS(=O)(=O)C1)c1cccs1. The highest BCUT2D eigenvalue weighted by atomic mass is 32.2. The van der Waals surface area contributed by atoms with Crippen molar-refractivity contribution in [3.63, 3.8) is 0 Å². The minimum absolute atomic E-state index is 0.0143. The van der Waals surface area contributed by atoms with Crippen LogP contribution in [0, 0.1) is 0 Å². The van der Waals surface area contributed by atoms with Crippen LogP contribution in [-0.2, 0) is 14.6 Å². The molecule has 20 heavy (non-hydrogen) atoms. The lowest BCUT2D eigenvalue weighted by Gasteiger charge is -2.16. The van der Waals surface area contributed by atoms with Crippen molar-refractivity contribution in [3.8, 4) is 0 Å². The lowest BCUT2D eigenvalue weighted by atomic mass is 10.2. The fourth-order valence-corrected chi connectivity index (χ4v) is 6.50. The fraction of sp³-hybridized carbons (Fsp3) is 0.615. The molecule has 4 nitrogen and oxygen atoms in total. The van der Waals surface area contributed by atoms with Gasteiger partial charge in [-0.3, -0.25) is 4.79 Å². The highest BCUT2D eigenvalue weighted by Crippen LogP contribution is 2.25. The van der Waals surface area contributed by atoms with Gasteiger partial charge in [0, 0.05) is 10.1 Å². The Morgan fingerprint density at radius 3 is 2.95 bits per heavy atom. The molecule has 0 aliphatic carbocycles. The third-order valence-corrected chi connectivity index (χ3v) is 7.54. The topological polar surface area (TPSA) is 63.2 Å². The van der Waals surface area contributed by atoms with Crippen molar-refractivity contribution in [3.05, 3.63) is 22.4 Å². The first-order valence-electron chi connectivity index (χ1n) is 6.65. The largest absolute Gasteiger partial charge is 0.348 e. The quantitative estimate of drug-likeness (QED) is 0.867. The Kier molecular flexibility index (Phi) is 5.51. The average Bonchev–Trinajstić information content (AvgIpc) is 3.03. The van der Waals surface area contributed by atoms with Crippen LogP contribution < -0.4 is 5.32 Å². The van der Waals surface area contributed by atoms with Gasteiger partial charge >= 0.3 is 0 Å². The van der Waals surface area contributed by atoms with E-state index >= 15 is 0 Å². The van der Waals surface area contributed by atoms with E-state index in [1.165, 1.54) is 11.8 Å². The van der Waals surface area contributed by atoms with Crippen molar-refractivity contribution in [2.24, 2.45) is 0 Å². The lowest BCUT2D eigenvalue weighted by Crippen LogP contribution is -2.29. The van der Waals surface area contributed by atoms with Gasteiger partial charge in [-0.1, -0.05) is 13.0 Å². The minimum atomic E-state index is -2.86. The van der Waals surface area contributed by atoms with E-state index in [4.69, 9.17) is 0 Å². The maximum absolute atomic E-state index is 11.9. The molecular formula is C13H19NO3S3. The predicted octanol–water partition coefficient (Wildman–Crippen LogP) is 2.24. The summed E-state index contributed by atoms with van der Waals surface area (Å²) in [5.74, 6) is 0.799. The molecule has 1 saturated heterocycles. The number of carbonyl (C=O) groups is 1. The van der Waals surface area contributed by atoms with E-state index in [1.54, 1.807) is 11.3 Å². The summed E-state index contributed by atoms with van der Waals surface area (Å²) in [6.45, 7) is 2.04. The van der Waals surface area contributed by atoms with Crippen LogP contribution in [0.15, 0.2) is 17.5 Å². The number of amides is 1. The molecule has 0 aromatic carbocycles. The second-order valence-electron chi connectivity index (χ2n) is 4.88. The Hall–Kier alpha value is -0.530. The van der Waals surface area contributed by atoms with E-state index in [2.05, 4.69) is 5.32 Å². The number of hydrogen-bond donors (Lipinski definition) is 1. The first-order chi connectivity index (χ1) is 9.50. The second kappa shape index (κ2) is 6.95. The molecule has 7 heteroatoms. The summed E-state index contributed by atoms with van der Waals surface area (Å²) < 4.78 is 22.7. The van der Waals surface area contributed by atoms with Crippen LogP contribution in [0.3, 0.4) is 0 Å². The monoisotopic (exact) mass is 333 g/mol. The summed E-state index contributed by atoms with van der Waals surface area (Å²) in [6, 6.07) is 4.07. The summed E-state index contributed by atoms with van der Waals surface area (Å²) in [7, 11) is -2.86. The van der Waals surface area contributed by atoms with Crippen LogP contribution in [0.2, 0.25) is 0 Å². The maximum Gasteiger partial charge on any atom is 0.230 e. The van der Waals surface area contributed by atoms with Crippen LogP contribution in [0.25, 0.3) is 0 Å². The van der Waals surface area contributed by atoms with Gasteiger partial charge < -0.3 is 5.32 Å². The summed E-state index contributed by atoms with van der Waals surface area (Å²) in [4.78, 5) is 13.1. The van der Waals surface area contributed by atoms with E-state index in [1.807, 2.05) is 24.4 Å². The molecule has 1 aromatic rings. The Morgan fingerprint density at radius 2 is 2.40 bits per heavy atom. The summed E-state index contributed by atoms with van der Waals surface area (Å²) in [6.07, 6.45) is 1.52. The molecular weight excluding hydrogens is 314 g/mol. The van der Waals surface area contributed by atoms with Crippen molar-refractivity contribution in [1.29, 1.82) is 0 Å². The molecule has 0 saturated carbocycles. The number of hydrogen-bond acceptors (Lipinski definition) is 5. The second-order valence-corrected chi connectivity index (χ2v) is 9.38. The number of sulfone groups is 1. The van der Waals surface area contributed by atoms with Gasteiger partial charge in [-0.15, -0.1) is 23.1 Å². The van der Waals surface area contributed by atoms with Gasteiger partial charge in [0.1, 0.15) is 0 Å². The van der Waals surface area contributed by atoms with Crippen molar-refractivity contribution in [1.82, 2.24) is 5.32 Å². The molecule has 0 spiro atoms. The molecule has 1 amide bonds. The van der Waals surface area contributed by atoms with Crippen molar-refractivity contribution in [2.75, 3.05) is 17.3 Å². The number of carbonyl (C=O) groups excluding carboxylic acids is 1. The van der Waals surface area contributed by atoms with Crippen LogP contribution >= 0.6 is 23.1 Å². The van der Waals surface area contributed by atoms with E-state index in [-0.39, 0.29) is 28.7 Å². The number of nitrogens with one attached hydrogen (secondary N) is 1. The van der Waals surface area contributed by atoms with Crippen LogP contribution in [0.1, 0.15) is 30.7 Å². The molecule has 0 radical (unpaired) electrons. The molecule has 0 bridgehead atoms. The maximum atomic E-state index is 11.9. The first-order valence-corrected chi connectivity index (χ1v) is 10.4. The Morgan fingerprint density at radius 1 is 1.60 bits per heavy atom. The molecule has 2 heterocycles. The van der Waals surface area contributed by atoms with Gasteiger partial charge in [0.05, 0.1) is 23.3 Å². The van der Waals surface area contributed by atoms with Gasteiger partial charge in [-0.2, -0.15) is 0 Å². The Bertz CT molecular complexity index is 539. The van der Waals surface area contributed by atoms with Crippen molar-refractivity contribution >= 4 is 38.8 Å². The number of rotatable bonds is 6. The fourth-order valence-electron chi connectivity index (χ4n) is 2.19. The van der Waals surface area contributed by atoms with E-state index in [0.717, 1.165) is 11.3 Å². The molecule has 1 N–H and O–H groups in total. The normalized spacial score (nSPS) is 22.6. The van der Waals surface area contributed by atoms with E-state index < -0.39 is 9.84 Å². The third-order valence-electron chi connectivity index (χ3n) is 3.27. The van der Waals surface area contributed by atoms with E-state index in [9.17, 15) is 13.2 Å². The molecule has 2 rings (SSSR count). The van der Waals surface area contributed by atoms with Gasteiger partial charge in [-0.05, 0) is 24.3 Å². The zero-order chi connectivity index (χ0) is 14.6. The first kappa shape index (κ1) is 15.9. The Labute approximate surface area is 128 Å². The molecule has 2 atom stereocenters. The lowest BCUT2D eigenvalue weighted by molar-refractivity contribution is -0.119. The summed E-state index contributed by atoms with van der Waals surface area (Å²) in [5.41, 5.74) is 0. The highest BCUT2D eigenvalue weighted by molar-refractivity contribution is 8.02. The van der Waals surface area contributed by atoms with E-state index in [0.29, 0.717) is 12.2 Å². The molecule has 112 valence electrons. The third kappa shape index (κ3) is 4.49. The van der Waals surface area contributed by atoms with Crippen LogP contribution in [-0.4, -0.2) is 36.8 Å². The van der Waals surface area contributed by atoms with Gasteiger partial charge in [-0.25, -0.2) is 8.42 Å². The zero-order valence-electron chi connectivity index (χ0n) is 11.4. The smallest absolute Gasteiger partial charge is 0.230 e. The zero-order valence-corrected chi connectivity index (χ0v) is 13.8. The van der Waals surface area contributed by atoms with Crippen LogP contribution in [0.5, 0.6) is 0 Å². The highest BCUT2D eigenvalue weighted by Gasteiger charge is 2.28. The molecule has 1 aliphatic rings. The Balaban J connectivity index is 1.78. The molecule has 1 aromatic heterocycles. The van der Waals surface area contributed by atoms with Crippen molar-refractivity contribution < 1.29 is 13.2 Å². The predicted molar refractivity (Wildman–Crippen MR) is 85.0 cm³/mol. The average molecular weight is 334 g/mol. The standard InChI is InChI=1S/C13H19NO3S3/c1-2-11(12-4-3-6-18-12)14-13(15)8-19-10-5-7-20(16,17)9-10/h3-4,6,10-11H,2,5,7-9H2,1H3,(H,14,15)/t10-,11-/m0/s1. The molecule has 0 unspecified atom stereocenters.